The van der Waals surface area contributed by atoms with Gasteiger partial charge in [0.15, 0.2) is 6.10 Å². The maximum Gasteiger partial charge on any atom is 0.264 e. The Bertz CT molecular complexity index is 413. The van der Waals surface area contributed by atoms with Gasteiger partial charge in [-0.2, -0.15) is 0 Å². The van der Waals surface area contributed by atoms with Crippen molar-refractivity contribution in [1.29, 1.82) is 0 Å². The van der Waals surface area contributed by atoms with Crippen LogP contribution in [0.25, 0.3) is 0 Å². The SMILES string of the molecule is COCCN(CCCl)C(=O)C1Cc2ccccc2O1. The summed E-state index contributed by atoms with van der Waals surface area (Å²) in [6, 6.07) is 7.75. The van der Waals surface area contributed by atoms with Gasteiger partial charge < -0.3 is 14.4 Å². The van der Waals surface area contributed by atoms with Gasteiger partial charge in [-0.1, -0.05) is 18.2 Å². The van der Waals surface area contributed by atoms with Crippen LogP contribution < -0.4 is 4.74 Å². The molecule has 1 aliphatic rings. The fourth-order valence-corrected chi connectivity index (χ4v) is 2.36. The first-order valence-electron chi connectivity index (χ1n) is 6.34. The summed E-state index contributed by atoms with van der Waals surface area (Å²) in [5.74, 6) is 1.20. The summed E-state index contributed by atoms with van der Waals surface area (Å²) in [4.78, 5) is 14.1. The largest absolute Gasteiger partial charge is 0.480 e. The van der Waals surface area contributed by atoms with Crippen LogP contribution in [0.4, 0.5) is 0 Å². The van der Waals surface area contributed by atoms with E-state index in [2.05, 4.69) is 0 Å². The van der Waals surface area contributed by atoms with Crippen LogP contribution >= 0.6 is 11.6 Å². The van der Waals surface area contributed by atoms with E-state index in [1.165, 1.54) is 0 Å². The first-order chi connectivity index (χ1) is 9.26. The minimum atomic E-state index is -0.433. The summed E-state index contributed by atoms with van der Waals surface area (Å²) < 4.78 is 10.7. The number of methoxy groups -OCH3 is 1. The number of para-hydroxylation sites is 1. The predicted octanol–water partition coefficient (Wildman–Crippen LogP) is 1.70. The molecular weight excluding hydrogens is 266 g/mol. The van der Waals surface area contributed by atoms with Gasteiger partial charge in [0, 0.05) is 32.5 Å². The number of carbonyl (C=O) groups is 1. The molecule has 0 saturated heterocycles. The Morgan fingerprint density at radius 3 is 2.95 bits per heavy atom. The van der Waals surface area contributed by atoms with Gasteiger partial charge in [0.2, 0.25) is 0 Å². The lowest BCUT2D eigenvalue weighted by atomic mass is 10.1. The van der Waals surface area contributed by atoms with Gasteiger partial charge in [-0.05, 0) is 11.6 Å². The highest BCUT2D eigenvalue weighted by molar-refractivity contribution is 6.18. The predicted molar refractivity (Wildman–Crippen MR) is 73.7 cm³/mol. The number of ether oxygens (including phenoxy) is 2. The third-order valence-electron chi connectivity index (χ3n) is 3.15. The quantitative estimate of drug-likeness (QED) is 0.746. The Morgan fingerprint density at radius 1 is 1.47 bits per heavy atom. The minimum Gasteiger partial charge on any atom is -0.480 e. The number of carbonyl (C=O) groups excluding carboxylic acids is 1. The number of amides is 1. The van der Waals surface area contributed by atoms with Crippen LogP contribution in [-0.4, -0.2) is 49.6 Å². The molecule has 2 rings (SSSR count). The number of fused-ring (bicyclic) bond motifs is 1. The van der Waals surface area contributed by atoms with Crippen molar-refractivity contribution in [2.75, 3.05) is 32.7 Å². The molecule has 0 N–H and O–H groups in total. The third-order valence-corrected chi connectivity index (χ3v) is 3.32. The molecule has 0 radical (unpaired) electrons. The van der Waals surface area contributed by atoms with Crippen molar-refractivity contribution in [3.8, 4) is 5.75 Å². The average molecular weight is 284 g/mol. The second-order valence-electron chi connectivity index (χ2n) is 4.43. The highest BCUT2D eigenvalue weighted by Crippen LogP contribution is 2.28. The molecule has 4 nitrogen and oxygen atoms in total. The first-order valence-corrected chi connectivity index (χ1v) is 6.88. The third kappa shape index (κ3) is 3.39. The van der Waals surface area contributed by atoms with Crippen LogP contribution in [0.15, 0.2) is 24.3 Å². The second-order valence-corrected chi connectivity index (χ2v) is 4.80. The molecule has 1 unspecified atom stereocenters. The molecule has 0 spiro atoms. The van der Waals surface area contributed by atoms with E-state index in [1.54, 1.807) is 12.0 Å². The Labute approximate surface area is 118 Å². The minimum absolute atomic E-state index is 0.0195. The van der Waals surface area contributed by atoms with Crippen LogP contribution in [0.3, 0.4) is 0 Å². The standard InChI is InChI=1S/C14H18ClNO3/c1-18-9-8-16(7-6-15)14(17)13-10-11-4-2-3-5-12(11)19-13/h2-5,13H,6-10H2,1H3. The summed E-state index contributed by atoms with van der Waals surface area (Å²) in [6.45, 7) is 1.56. The molecule has 1 atom stereocenters. The molecule has 0 bridgehead atoms. The fraction of sp³-hybridized carbons (Fsp3) is 0.500. The van der Waals surface area contributed by atoms with Crippen LogP contribution in [0.5, 0.6) is 5.75 Å². The first kappa shape index (κ1) is 14.2. The number of benzene rings is 1. The van der Waals surface area contributed by atoms with Gasteiger partial charge in [0.25, 0.3) is 5.91 Å². The molecule has 1 aromatic carbocycles. The molecule has 1 aromatic rings. The van der Waals surface area contributed by atoms with Crippen LogP contribution in [0.2, 0.25) is 0 Å². The Hall–Kier alpha value is -1.26. The van der Waals surface area contributed by atoms with Gasteiger partial charge in [-0.15, -0.1) is 11.6 Å². The van der Waals surface area contributed by atoms with E-state index in [9.17, 15) is 4.79 Å². The number of alkyl halides is 1. The van der Waals surface area contributed by atoms with E-state index in [4.69, 9.17) is 21.1 Å². The van der Waals surface area contributed by atoms with Gasteiger partial charge >= 0.3 is 0 Å². The molecule has 0 fully saturated rings. The van der Waals surface area contributed by atoms with Gasteiger partial charge in [-0.3, -0.25) is 4.79 Å². The molecule has 19 heavy (non-hydrogen) atoms. The van der Waals surface area contributed by atoms with Crippen LogP contribution in [0, 0.1) is 0 Å². The zero-order chi connectivity index (χ0) is 13.7. The maximum absolute atomic E-state index is 12.4. The Balaban J connectivity index is 1.99. The molecule has 0 saturated carbocycles. The molecule has 5 heteroatoms. The van der Waals surface area contributed by atoms with Crippen molar-refractivity contribution in [2.24, 2.45) is 0 Å². The van der Waals surface area contributed by atoms with Crippen molar-refractivity contribution in [3.05, 3.63) is 29.8 Å². The molecule has 0 aromatic heterocycles. The molecular formula is C14H18ClNO3. The van der Waals surface area contributed by atoms with Crippen molar-refractivity contribution in [1.82, 2.24) is 4.90 Å². The number of hydrogen-bond donors (Lipinski definition) is 0. The zero-order valence-corrected chi connectivity index (χ0v) is 11.7. The van der Waals surface area contributed by atoms with Crippen molar-refractivity contribution in [2.45, 2.75) is 12.5 Å². The molecule has 0 aliphatic carbocycles. The van der Waals surface area contributed by atoms with Gasteiger partial charge in [-0.25, -0.2) is 0 Å². The van der Waals surface area contributed by atoms with Crippen LogP contribution in [-0.2, 0) is 16.0 Å². The summed E-state index contributed by atoms with van der Waals surface area (Å²) in [6.07, 6.45) is 0.193. The zero-order valence-electron chi connectivity index (χ0n) is 11.0. The normalized spacial score (nSPS) is 16.8. The van der Waals surface area contributed by atoms with Crippen LogP contribution in [0.1, 0.15) is 5.56 Å². The van der Waals surface area contributed by atoms with E-state index in [-0.39, 0.29) is 5.91 Å². The highest BCUT2D eigenvalue weighted by Gasteiger charge is 2.31. The molecule has 104 valence electrons. The highest BCUT2D eigenvalue weighted by atomic mass is 35.5. The number of nitrogens with zero attached hydrogens (tertiary/aromatic N) is 1. The van der Waals surface area contributed by atoms with E-state index >= 15 is 0 Å². The molecule has 1 aliphatic heterocycles. The van der Waals surface area contributed by atoms with Gasteiger partial charge in [0.05, 0.1) is 6.61 Å². The van der Waals surface area contributed by atoms with E-state index in [1.807, 2.05) is 24.3 Å². The van der Waals surface area contributed by atoms with E-state index in [0.29, 0.717) is 32.0 Å². The maximum atomic E-state index is 12.4. The Morgan fingerprint density at radius 2 is 2.26 bits per heavy atom. The second kappa shape index (κ2) is 6.78. The summed E-state index contributed by atoms with van der Waals surface area (Å²) in [5.41, 5.74) is 1.08. The van der Waals surface area contributed by atoms with E-state index < -0.39 is 6.10 Å². The monoisotopic (exact) mass is 283 g/mol. The lowest BCUT2D eigenvalue weighted by Gasteiger charge is -2.24. The van der Waals surface area contributed by atoms with Gasteiger partial charge in [0.1, 0.15) is 5.75 Å². The smallest absolute Gasteiger partial charge is 0.264 e. The van der Waals surface area contributed by atoms with Crippen molar-refractivity contribution < 1.29 is 14.3 Å². The topological polar surface area (TPSA) is 38.8 Å². The number of halogens is 1. The van der Waals surface area contributed by atoms with Crippen molar-refractivity contribution in [3.63, 3.8) is 0 Å². The number of rotatable bonds is 6. The fourth-order valence-electron chi connectivity index (χ4n) is 2.16. The van der Waals surface area contributed by atoms with Crippen molar-refractivity contribution >= 4 is 17.5 Å². The lowest BCUT2D eigenvalue weighted by molar-refractivity contribution is -0.138. The van der Waals surface area contributed by atoms with E-state index in [0.717, 1.165) is 11.3 Å². The summed E-state index contributed by atoms with van der Waals surface area (Å²) >= 11 is 5.74. The lowest BCUT2D eigenvalue weighted by Crippen LogP contribution is -2.43. The summed E-state index contributed by atoms with van der Waals surface area (Å²) in [5, 5.41) is 0. The summed E-state index contributed by atoms with van der Waals surface area (Å²) in [7, 11) is 1.62. The molecule has 1 heterocycles. The Kier molecular flexibility index (Phi) is 5.05. The average Bonchev–Trinajstić information content (AvgIpc) is 2.86. The molecule has 1 amide bonds. The number of hydrogen-bond acceptors (Lipinski definition) is 3.